The van der Waals surface area contributed by atoms with Crippen LogP contribution >= 0.6 is 0 Å². The Morgan fingerprint density at radius 3 is 2.23 bits per heavy atom. The minimum atomic E-state index is -0.877. The van der Waals surface area contributed by atoms with Gasteiger partial charge in [-0.25, -0.2) is 4.79 Å². The zero-order chi connectivity index (χ0) is 15.7. The monoisotopic (exact) mass is 290 g/mol. The third kappa shape index (κ3) is 2.37. The molecule has 0 spiro atoms. The summed E-state index contributed by atoms with van der Waals surface area (Å²) in [6, 6.07) is 19.6. The molecule has 3 aromatic rings. The van der Waals surface area contributed by atoms with E-state index in [1.165, 1.54) is 0 Å². The number of carboxylic acid groups (broad SMARTS) is 1. The van der Waals surface area contributed by atoms with Crippen LogP contribution in [0.2, 0.25) is 0 Å². The lowest BCUT2D eigenvalue weighted by Gasteiger charge is -2.18. The number of hydrogen-bond donors (Lipinski definition) is 1. The van der Waals surface area contributed by atoms with E-state index in [-0.39, 0.29) is 5.92 Å². The molecule has 0 saturated heterocycles. The molecule has 22 heavy (non-hydrogen) atoms. The Labute approximate surface area is 130 Å². The summed E-state index contributed by atoms with van der Waals surface area (Å²) < 4.78 is 0. The summed E-state index contributed by atoms with van der Waals surface area (Å²) in [6.07, 6.45) is 0. The third-order valence-corrected chi connectivity index (χ3v) is 3.98. The van der Waals surface area contributed by atoms with Crippen LogP contribution in [0.15, 0.2) is 60.7 Å². The summed E-state index contributed by atoms with van der Waals surface area (Å²) in [5.41, 5.74) is 3.26. The number of hydrogen-bond acceptors (Lipinski definition) is 1. The summed E-state index contributed by atoms with van der Waals surface area (Å²) in [6.45, 7) is 4.20. The van der Waals surface area contributed by atoms with Crippen LogP contribution in [0.3, 0.4) is 0 Å². The van der Waals surface area contributed by atoms with Gasteiger partial charge in [0, 0.05) is 5.56 Å². The molecule has 110 valence electrons. The molecule has 3 rings (SSSR count). The van der Waals surface area contributed by atoms with Gasteiger partial charge in [-0.05, 0) is 27.8 Å². The highest BCUT2D eigenvalue weighted by Crippen LogP contribution is 2.37. The lowest BCUT2D eigenvalue weighted by atomic mass is 9.85. The minimum absolute atomic E-state index is 0.248. The maximum Gasteiger partial charge on any atom is 0.336 e. The summed E-state index contributed by atoms with van der Waals surface area (Å²) in [7, 11) is 0. The molecule has 0 heterocycles. The molecule has 0 unspecified atom stereocenters. The normalized spacial score (nSPS) is 11.0. The van der Waals surface area contributed by atoms with Gasteiger partial charge < -0.3 is 5.11 Å². The molecule has 2 nitrogen and oxygen atoms in total. The molecule has 2 heteroatoms. The van der Waals surface area contributed by atoms with E-state index in [1.807, 2.05) is 54.6 Å². The van der Waals surface area contributed by atoms with Crippen molar-refractivity contribution in [2.24, 2.45) is 0 Å². The summed E-state index contributed by atoms with van der Waals surface area (Å²) >= 11 is 0. The first-order valence-electron chi connectivity index (χ1n) is 7.44. The Balaban J connectivity index is 2.49. The largest absolute Gasteiger partial charge is 0.478 e. The van der Waals surface area contributed by atoms with E-state index >= 15 is 0 Å². The van der Waals surface area contributed by atoms with Crippen molar-refractivity contribution >= 4 is 16.7 Å². The smallest absolute Gasteiger partial charge is 0.336 e. The SMILES string of the molecule is CC(C)c1cc2ccccc2c(C(=O)O)c1-c1ccccc1. The Kier molecular flexibility index (Phi) is 3.68. The van der Waals surface area contributed by atoms with E-state index in [9.17, 15) is 9.90 Å². The van der Waals surface area contributed by atoms with Crippen LogP contribution in [-0.2, 0) is 0 Å². The quantitative estimate of drug-likeness (QED) is 0.708. The van der Waals surface area contributed by atoms with E-state index < -0.39 is 5.97 Å². The predicted molar refractivity (Wildman–Crippen MR) is 90.4 cm³/mol. The van der Waals surface area contributed by atoms with Crippen LogP contribution < -0.4 is 0 Å². The molecule has 0 radical (unpaired) electrons. The molecule has 0 aliphatic heterocycles. The Bertz CT molecular complexity index is 833. The van der Waals surface area contributed by atoms with Gasteiger partial charge in [0.05, 0.1) is 5.56 Å². The molecule has 0 amide bonds. The van der Waals surface area contributed by atoms with Gasteiger partial charge >= 0.3 is 5.97 Å². The fourth-order valence-corrected chi connectivity index (χ4v) is 2.96. The summed E-state index contributed by atoms with van der Waals surface area (Å²) in [5.74, 6) is -0.629. The predicted octanol–water partition coefficient (Wildman–Crippen LogP) is 5.33. The average molecular weight is 290 g/mol. The molecular weight excluding hydrogens is 272 g/mol. The fraction of sp³-hybridized carbons (Fsp3) is 0.150. The van der Waals surface area contributed by atoms with Crippen LogP contribution in [0.25, 0.3) is 21.9 Å². The van der Waals surface area contributed by atoms with Crippen molar-refractivity contribution < 1.29 is 9.90 Å². The van der Waals surface area contributed by atoms with E-state index in [1.54, 1.807) is 0 Å². The maximum absolute atomic E-state index is 12.0. The molecule has 0 aromatic heterocycles. The Morgan fingerprint density at radius 2 is 1.59 bits per heavy atom. The molecule has 0 atom stereocenters. The number of benzene rings is 3. The Hall–Kier alpha value is -2.61. The van der Waals surface area contributed by atoms with Gasteiger partial charge in [0.2, 0.25) is 0 Å². The molecule has 0 fully saturated rings. The molecule has 0 aliphatic rings. The zero-order valence-corrected chi connectivity index (χ0v) is 12.7. The van der Waals surface area contributed by atoms with Crippen molar-refractivity contribution in [3.63, 3.8) is 0 Å². The van der Waals surface area contributed by atoms with Crippen molar-refractivity contribution in [2.45, 2.75) is 19.8 Å². The summed E-state index contributed by atoms with van der Waals surface area (Å²) in [5, 5.41) is 11.6. The van der Waals surface area contributed by atoms with Gasteiger partial charge in [0.25, 0.3) is 0 Å². The second-order valence-corrected chi connectivity index (χ2v) is 5.76. The molecule has 0 saturated carbocycles. The average Bonchev–Trinajstić information content (AvgIpc) is 2.53. The number of aromatic carboxylic acids is 1. The van der Waals surface area contributed by atoms with E-state index in [0.29, 0.717) is 5.56 Å². The number of fused-ring (bicyclic) bond motifs is 1. The first-order valence-corrected chi connectivity index (χ1v) is 7.44. The van der Waals surface area contributed by atoms with Crippen LogP contribution in [0.1, 0.15) is 35.7 Å². The van der Waals surface area contributed by atoms with Crippen LogP contribution in [0.4, 0.5) is 0 Å². The van der Waals surface area contributed by atoms with Crippen molar-refractivity contribution in [3.05, 3.63) is 71.8 Å². The highest BCUT2D eigenvalue weighted by molar-refractivity contribution is 6.10. The standard InChI is InChI=1S/C20H18O2/c1-13(2)17-12-15-10-6-7-11-16(15)19(20(21)22)18(17)14-8-4-3-5-9-14/h3-13H,1-2H3,(H,21,22). The second kappa shape index (κ2) is 5.64. The van der Waals surface area contributed by atoms with Crippen LogP contribution in [0, 0.1) is 0 Å². The fourth-order valence-electron chi connectivity index (χ4n) is 2.96. The van der Waals surface area contributed by atoms with E-state index in [2.05, 4.69) is 19.9 Å². The van der Waals surface area contributed by atoms with E-state index in [0.717, 1.165) is 27.5 Å². The zero-order valence-electron chi connectivity index (χ0n) is 12.7. The number of carboxylic acids is 1. The Morgan fingerprint density at radius 1 is 0.955 bits per heavy atom. The summed E-state index contributed by atoms with van der Waals surface area (Å²) in [4.78, 5) is 12.0. The number of rotatable bonds is 3. The van der Waals surface area contributed by atoms with Crippen molar-refractivity contribution in [1.82, 2.24) is 0 Å². The molecular formula is C20H18O2. The van der Waals surface area contributed by atoms with Crippen molar-refractivity contribution in [1.29, 1.82) is 0 Å². The molecule has 0 bridgehead atoms. The van der Waals surface area contributed by atoms with Gasteiger partial charge in [-0.2, -0.15) is 0 Å². The number of carbonyl (C=O) groups is 1. The van der Waals surface area contributed by atoms with Gasteiger partial charge in [-0.15, -0.1) is 0 Å². The maximum atomic E-state index is 12.0. The molecule has 0 aliphatic carbocycles. The van der Waals surface area contributed by atoms with E-state index in [4.69, 9.17) is 0 Å². The first-order chi connectivity index (χ1) is 10.6. The first kappa shape index (κ1) is 14.3. The van der Waals surface area contributed by atoms with Gasteiger partial charge in [-0.3, -0.25) is 0 Å². The topological polar surface area (TPSA) is 37.3 Å². The van der Waals surface area contributed by atoms with Crippen molar-refractivity contribution in [2.75, 3.05) is 0 Å². The third-order valence-electron chi connectivity index (χ3n) is 3.98. The van der Waals surface area contributed by atoms with Crippen LogP contribution in [-0.4, -0.2) is 11.1 Å². The highest BCUT2D eigenvalue weighted by atomic mass is 16.4. The van der Waals surface area contributed by atoms with Gasteiger partial charge in [0.15, 0.2) is 0 Å². The molecule has 1 N–H and O–H groups in total. The lowest BCUT2D eigenvalue weighted by Crippen LogP contribution is -2.05. The minimum Gasteiger partial charge on any atom is -0.478 e. The van der Waals surface area contributed by atoms with Gasteiger partial charge in [-0.1, -0.05) is 74.5 Å². The molecule has 3 aromatic carbocycles. The highest BCUT2D eigenvalue weighted by Gasteiger charge is 2.21. The second-order valence-electron chi connectivity index (χ2n) is 5.76. The lowest BCUT2D eigenvalue weighted by molar-refractivity contribution is 0.0700. The van der Waals surface area contributed by atoms with Crippen molar-refractivity contribution in [3.8, 4) is 11.1 Å². The van der Waals surface area contributed by atoms with Crippen LogP contribution in [0.5, 0.6) is 0 Å². The van der Waals surface area contributed by atoms with Gasteiger partial charge in [0.1, 0.15) is 0 Å².